The van der Waals surface area contributed by atoms with E-state index in [4.69, 9.17) is 4.43 Å². The fourth-order valence-corrected chi connectivity index (χ4v) is 3.20. The third-order valence-corrected chi connectivity index (χ3v) is 4.76. The summed E-state index contributed by atoms with van der Waals surface area (Å²) in [6, 6.07) is 2.61. The van der Waals surface area contributed by atoms with E-state index in [0.29, 0.717) is 0 Å². The van der Waals surface area contributed by atoms with Crippen molar-refractivity contribution in [2.24, 2.45) is 0 Å². The molecule has 0 aliphatic rings. The molecule has 0 radical (unpaired) electrons. The summed E-state index contributed by atoms with van der Waals surface area (Å²) in [5, 5.41) is 0. The minimum absolute atomic E-state index is 0.799. The van der Waals surface area contributed by atoms with Crippen molar-refractivity contribution in [1.29, 1.82) is 0 Å². The molecular weight excluding hydrogens is 166 g/mol. The molecule has 2 nitrogen and oxygen atoms in total. The fraction of sp³-hybridized carbons (Fsp3) is 1.00. The highest BCUT2D eigenvalue weighted by atomic mass is 28.3. The van der Waals surface area contributed by atoms with Gasteiger partial charge in [0.15, 0.2) is 9.04 Å². The number of nitrogens with zero attached hydrogens (tertiary/aromatic N) is 1. The largest absolute Gasteiger partial charge is 0.420 e. The van der Waals surface area contributed by atoms with Crippen LogP contribution in [0.3, 0.4) is 0 Å². The van der Waals surface area contributed by atoms with Crippen molar-refractivity contribution >= 4 is 9.04 Å². The van der Waals surface area contributed by atoms with Crippen molar-refractivity contribution in [2.75, 3.05) is 27.2 Å². The molecular formula is C9H23NOSi. The molecule has 0 rings (SSSR count). The van der Waals surface area contributed by atoms with Crippen molar-refractivity contribution in [3.8, 4) is 0 Å². The Morgan fingerprint density at radius 3 is 2.33 bits per heavy atom. The number of rotatable bonds is 7. The van der Waals surface area contributed by atoms with Crippen LogP contribution >= 0.6 is 0 Å². The summed E-state index contributed by atoms with van der Waals surface area (Å²) in [6.45, 7) is 6.47. The smallest absolute Gasteiger partial charge is 0.176 e. The summed E-state index contributed by atoms with van der Waals surface area (Å²) >= 11 is 0. The van der Waals surface area contributed by atoms with Crippen molar-refractivity contribution in [1.82, 2.24) is 4.90 Å². The summed E-state index contributed by atoms with van der Waals surface area (Å²) in [4.78, 5) is 2.24. The van der Waals surface area contributed by atoms with E-state index in [-0.39, 0.29) is 0 Å². The topological polar surface area (TPSA) is 12.5 Å². The van der Waals surface area contributed by atoms with E-state index < -0.39 is 9.04 Å². The second kappa shape index (κ2) is 7.77. The zero-order chi connectivity index (χ0) is 9.40. The van der Waals surface area contributed by atoms with Gasteiger partial charge in [-0.05, 0) is 46.1 Å². The number of hydrogen-bond acceptors (Lipinski definition) is 2. The molecule has 1 atom stereocenters. The Hall–Kier alpha value is 0.137. The summed E-state index contributed by atoms with van der Waals surface area (Å²) in [6.07, 6.45) is 1.30. The predicted octanol–water partition coefficient (Wildman–Crippen LogP) is 1.72. The van der Waals surface area contributed by atoms with Gasteiger partial charge in [-0.3, -0.25) is 0 Å². The second-order valence-electron chi connectivity index (χ2n) is 3.43. The SMILES string of the molecule is CCO[SiH](CC)CCCN(C)C. The molecule has 1 unspecified atom stereocenters. The Labute approximate surface area is 78.6 Å². The fourth-order valence-electron chi connectivity index (χ4n) is 1.28. The molecule has 0 amide bonds. The molecule has 74 valence electrons. The van der Waals surface area contributed by atoms with Crippen LogP contribution in [0.25, 0.3) is 0 Å². The molecule has 0 spiro atoms. The molecule has 0 heterocycles. The first-order valence-electron chi connectivity index (χ1n) is 4.97. The van der Waals surface area contributed by atoms with Gasteiger partial charge in [0.25, 0.3) is 0 Å². The molecule has 0 aliphatic carbocycles. The van der Waals surface area contributed by atoms with Gasteiger partial charge in [0.2, 0.25) is 0 Å². The van der Waals surface area contributed by atoms with Crippen molar-refractivity contribution < 1.29 is 4.43 Å². The van der Waals surface area contributed by atoms with Gasteiger partial charge in [0.1, 0.15) is 0 Å². The maximum atomic E-state index is 5.69. The standard InChI is InChI=1S/C9H23NOSi/c1-5-11-12(6-2)9-7-8-10(3)4/h12H,5-9H2,1-4H3. The van der Waals surface area contributed by atoms with Crippen molar-refractivity contribution in [3.05, 3.63) is 0 Å². The third-order valence-electron chi connectivity index (χ3n) is 1.99. The molecule has 0 aliphatic heterocycles. The predicted molar refractivity (Wildman–Crippen MR) is 57.2 cm³/mol. The summed E-state index contributed by atoms with van der Waals surface area (Å²) in [5.74, 6) is 0. The summed E-state index contributed by atoms with van der Waals surface area (Å²) in [5.41, 5.74) is 0. The van der Waals surface area contributed by atoms with Gasteiger partial charge < -0.3 is 9.33 Å². The Kier molecular flexibility index (Phi) is 7.86. The number of hydrogen-bond donors (Lipinski definition) is 0. The van der Waals surface area contributed by atoms with E-state index in [9.17, 15) is 0 Å². The molecule has 0 N–H and O–H groups in total. The highest BCUT2D eigenvalue weighted by Gasteiger charge is 2.07. The van der Waals surface area contributed by atoms with Crippen LogP contribution in [-0.4, -0.2) is 41.2 Å². The lowest BCUT2D eigenvalue weighted by Crippen LogP contribution is -2.20. The zero-order valence-electron chi connectivity index (χ0n) is 8.97. The second-order valence-corrected chi connectivity index (χ2v) is 6.40. The maximum absolute atomic E-state index is 5.69. The van der Waals surface area contributed by atoms with Gasteiger partial charge >= 0.3 is 0 Å². The van der Waals surface area contributed by atoms with Crippen LogP contribution in [0.1, 0.15) is 20.3 Å². The van der Waals surface area contributed by atoms with Crippen molar-refractivity contribution in [2.45, 2.75) is 32.4 Å². The molecule has 12 heavy (non-hydrogen) atoms. The monoisotopic (exact) mass is 189 g/mol. The average molecular weight is 189 g/mol. The lowest BCUT2D eigenvalue weighted by atomic mass is 10.5. The Morgan fingerprint density at radius 2 is 1.92 bits per heavy atom. The minimum atomic E-state index is -0.799. The highest BCUT2D eigenvalue weighted by molar-refractivity contribution is 6.51. The average Bonchev–Trinajstić information content (AvgIpc) is 2.02. The van der Waals surface area contributed by atoms with E-state index in [1.807, 2.05) is 0 Å². The third kappa shape index (κ3) is 6.82. The molecule has 0 aromatic heterocycles. The first-order chi connectivity index (χ1) is 5.70. The summed E-state index contributed by atoms with van der Waals surface area (Å²) < 4.78 is 5.69. The van der Waals surface area contributed by atoms with E-state index in [1.54, 1.807) is 0 Å². The van der Waals surface area contributed by atoms with Crippen LogP contribution in [0.15, 0.2) is 0 Å². The quantitative estimate of drug-likeness (QED) is 0.565. The van der Waals surface area contributed by atoms with E-state index in [0.717, 1.165) is 6.61 Å². The summed E-state index contributed by atoms with van der Waals surface area (Å²) in [7, 11) is 3.46. The van der Waals surface area contributed by atoms with E-state index in [2.05, 4.69) is 32.8 Å². The van der Waals surface area contributed by atoms with Gasteiger partial charge in [-0.1, -0.05) is 6.92 Å². The molecule has 3 heteroatoms. The van der Waals surface area contributed by atoms with Crippen LogP contribution in [-0.2, 0) is 4.43 Å². The van der Waals surface area contributed by atoms with Crippen molar-refractivity contribution in [3.63, 3.8) is 0 Å². The normalized spacial score (nSPS) is 13.8. The molecule has 0 fully saturated rings. The van der Waals surface area contributed by atoms with Gasteiger partial charge in [-0.15, -0.1) is 0 Å². The van der Waals surface area contributed by atoms with Crippen LogP contribution in [0.2, 0.25) is 12.1 Å². The van der Waals surface area contributed by atoms with Crippen LogP contribution in [0.5, 0.6) is 0 Å². The van der Waals surface area contributed by atoms with Crippen LogP contribution < -0.4 is 0 Å². The molecule has 0 saturated heterocycles. The minimum Gasteiger partial charge on any atom is -0.420 e. The van der Waals surface area contributed by atoms with Crippen LogP contribution in [0.4, 0.5) is 0 Å². The first kappa shape index (κ1) is 12.1. The lowest BCUT2D eigenvalue weighted by molar-refractivity contribution is 0.336. The zero-order valence-corrected chi connectivity index (χ0v) is 10.1. The van der Waals surface area contributed by atoms with E-state index in [1.165, 1.54) is 25.1 Å². The molecule has 0 aromatic carbocycles. The Bertz CT molecular complexity index is 98.5. The highest BCUT2D eigenvalue weighted by Crippen LogP contribution is 2.04. The maximum Gasteiger partial charge on any atom is 0.176 e. The van der Waals surface area contributed by atoms with E-state index >= 15 is 0 Å². The lowest BCUT2D eigenvalue weighted by Gasteiger charge is -2.14. The van der Waals surface area contributed by atoms with Crippen LogP contribution in [0, 0.1) is 0 Å². The molecule has 0 aromatic rings. The van der Waals surface area contributed by atoms with Gasteiger partial charge in [-0.25, -0.2) is 0 Å². The molecule has 0 bridgehead atoms. The van der Waals surface area contributed by atoms with Gasteiger partial charge in [0, 0.05) is 6.61 Å². The first-order valence-corrected chi connectivity index (χ1v) is 7.07. The Morgan fingerprint density at radius 1 is 1.25 bits per heavy atom. The van der Waals surface area contributed by atoms with Gasteiger partial charge in [0.05, 0.1) is 0 Å². The molecule has 0 saturated carbocycles. The van der Waals surface area contributed by atoms with Gasteiger partial charge in [-0.2, -0.15) is 0 Å². The Balaban J connectivity index is 3.31.